The van der Waals surface area contributed by atoms with E-state index in [9.17, 15) is 4.79 Å². The molecule has 1 fully saturated rings. The molecule has 0 aromatic heterocycles. The maximum absolute atomic E-state index is 11.6. The van der Waals surface area contributed by atoms with Crippen LogP contribution in [0.25, 0.3) is 0 Å². The molecular formula is C11H22N2O2. The third-order valence-electron chi connectivity index (χ3n) is 2.31. The first-order valence-electron chi connectivity index (χ1n) is 5.57. The molecule has 2 unspecified atom stereocenters. The molecule has 0 spiro atoms. The average Bonchev–Trinajstić information content (AvgIpc) is 1.99. The Kier molecular flexibility index (Phi) is 3.97. The van der Waals surface area contributed by atoms with Gasteiger partial charge in [-0.1, -0.05) is 0 Å². The van der Waals surface area contributed by atoms with Crippen molar-refractivity contribution in [3.05, 3.63) is 0 Å². The lowest BCUT2D eigenvalue weighted by Crippen LogP contribution is -2.51. The van der Waals surface area contributed by atoms with Crippen molar-refractivity contribution in [1.82, 2.24) is 10.6 Å². The summed E-state index contributed by atoms with van der Waals surface area (Å²) < 4.78 is 5.42. The van der Waals surface area contributed by atoms with Crippen molar-refractivity contribution in [2.24, 2.45) is 0 Å². The van der Waals surface area contributed by atoms with Crippen LogP contribution < -0.4 is 10.6 Å². The molecule has 88 valence electrons. The smallest absolute Gasteiger partial charge is 0.315 e. The highest BCUT2D eigenvalue weighted by Crippen LogP contribution is 2.13. The van der Waals surface area contributed by atoms with Crippen molar-refractivity contribution in [2.45, 2.75) is 58.2 Å². The molecule has 0 bridgehead atoms. The Hall–Kier alpha value is -0.770. The summed E-state index contributed by atoms with van der Waals surface area (Å²) in [5, 5.41) is 5.87. The summed E-state index contributed by atoms with van der Waals surface area (Å²) in [7, 11) is 0. The Morgan fingerprint density at radius 2 is 2.07 bits per heavy atom. The lowest BCUT2D eigenvalue weighted by molar-refractivity contribution is 0.0153. The van der Waals surface area contributed by atoms with Crippen LogP contribution >= 0.6 is 0 Å². The fourth-order valence-electron chi connectivity index (χ4n) is 1.69. The molecule has 0 aliphatic carbocycles. The third kappa shape index (κ3) is 5.02. The topological polar surface area (TPSA) is 50.4 Å². The Bertz CT molecular complexity index is 223. The van der Waals surface area contributed by atoms with Gasteiger partial charge in [0.05, 0.1) is 6.10 Å². The van der Waals surface area contributed by atoms with E-state index < -0.39 is 0 Å². The highest BCUT2D eigenvalue weighted by molar-refractivity contribution is 5.74. The highest BCUT2D eigenvalue weighted by atomic mass is 16.5. The second kappa shape index (κ2) is 4.84. The van der Waals surface area contributed by atoms with Gasteiger partial charge in [-0.05, 0) is 40.5 Å². The van der Waals surface area contributed by atoms with E-state index in [4.69, 9.17) is 4.74 Å². The van der Waals surface area contributed by atoms with E-state index in [2.05, 4.69) is 10.6 Å². The zero-order chi connectivity index (χ0) is 11.5. The van der Waals surface area contributed by atoms with Gasteiger partial charge in [-0.25, -0.2) is 4.79 Å². The van der Waals surface area contributed by atoms with Crippen LogP contribution in [-0.4, -0.2) is 30.3 Å². The van der Waals surface area contributed by atoms with E-state index in [1.165, 1.54) is 0 Å². The number of carbonyl (C=O) groups excluding carboxylic acids is 1. The van der Waals surface area contributed by atoms with Gasteiger partial charge in [-0.3, -0.25) is 0 Å². The van der Waals surface area contributed by atoms with Gasteiger partial charge in [-0.2, -0.15) is 0 Å². The molecule has 1 heterocycles. The van der Waals surface area contributed by atoms with Crippen LogP contribution in [0.1, 0.15) is 40.5 Å². The quantitative estimate of drug-likeness (QED) is 0.697. The van der Waals surface area contributed by atoms with Gasteiger partial charge in [-0.15, -0.1) is 0 Å². The monoisotopic (exact) mass is 214 g/mol. The minimum Gasteiger partial charge on any atom is -0.378 e. The summed E-state index contributed by atoms with van der Waals surface area (Å²) in [6, 6.07) is 0.165. The molecular weight excluding hydrogens is 192 g/mol. The third-order valence-corrected chi connectivity index (χ3v) is 2.31. The van der Waals surface area contributed by atoms with Gasteiger partial charge in [0.1, 0.15) is 0 Å². The predicted octanol–water partition coefficient (Wildman–Crippen LogP) is 1.65. The number of rotatable bonds is 1. The maximum Gasteiger partial charge on any atom is 0.315 e. The number of hydrogen-bond acceptors (Lipinski definition) is 2. The molecule has 0 radical (unpaired) electrons. The zero-order valence-corrected chi connectivity index (χ0v) is 10.1. The van der Waals surface area contributed by atoms with Gasteiger partial charge in [0, 0.05) is 18.2 Å². The van der Waals surface area contributed by atoms with Crippen molar-refractivity contribution < 1.29 is 9.53 Å². The molecule has 4 nitrogen and oxygen atoms in total. The molecule has 15 heavy (non-hydrogen) atoms. The molecule has 4 heteroatoms. The SMILES string of the molecule is CC1CC(NC(=O)NC(C)(C)C)CCO1. The van der Waals surface area contributed by atoms with E-state index >= 15 is 0 Å². The molecule has 2 amide bonds. The first-order chi connectivity index (χ1) is 6.87. The van der Waals surface area contributed by atoms with Crippen LogP contribution in [0.15, 0.2) is 0 Å². The number of amides is 2. The predicted molar refractivity (Wildman–Crippen MR) is 59.9 cm³/mol. The van der Waals surface area contributed by atoms with Gasteiger partial charge in [0.2, 0.25) is 0 Å². The Morgan fingerprint density at radius 1 is 1.40 bits per heavy atom. The van der Waals surface area contributed by atoms with Crippen molar-refractivity contribution in [2.75, 3.05) is 6.61 Å². The van der Waals surface area contributed by atoms with Crippen molar-refractivity contribution >= 4 is 6.03 Å². The molecule has 0 aromatic rings. The number of carbonyl (C=O) groups is 1. The largest absolute Gasteiger partial charge is 0.378 e. The summed E-state index contributed by atoms with van der Waals surface area (Å²) in [5.41, 5.74) is -0.180. The normalized spacial score (nSPS) is 27.2. The number of urea groups is 1. The lowest BCUT2D eigenvalue weighted by atomic mass is 10.0. The van der Waals surface area contributed by atoms with Crippen LogP contribution in [0.4, 0.5) is 4.79 Å². The fourth-order valence-corrected chi connectivity index (χ4v) is 1.69. The number of nitrogens with one attached hydrogen (secondary N) is 2. The molecule has 2 atom stereocenters. The number of ether oxygens (including phenoxy) is 1. The Balaban J connectivity index is 2.31. The van der Waals surface area contributed by atoms with Gasteiger partial charge < -0.3 is 15.4 Å². The van der Waals surface area contributed by atoms with Crippen LogP contribution in [0.2, 0.25) is 0 Å². The summed E-state index contributed by atoms with van der Waals surface area (Å²) >= 11 is 0. The molecule has 2 N–H and O–H groups in total. The van der Waals surface area contributed by atoms with Gasteiger partial charge in [0.15, 0.2) is 0 Å². The highest BCUT2D eigenvalue weighted by Gasteiger charge is 2.22. The van der Waals surface area contributed by atoms with Crippen molar-refractivity contribution in [1.29, 1.82) is 0 Å². The second-order valence-electron chi connectivity index (χ2n) is 5.25. The minimum atomic E-state index is -0.180. The molecule has 1 aliphatic heterocycles. The minimum absolute atomic E-state index is 0.0819. The average molecular weight is 214 g/mol. The summed E-state index contributed by atoms with van der Waals surface area (Å²) in [6.07, 6.45) is 2.05. The summed E-state index contributed by atoms with van der Waals surface area (Å²) in [6.45, 7) is 8.69. The molecule has 1 rings (SSSR count). The van der Waals surface area contributed by atoms with E-state index in [-0.39, 0.29) is 23.7 Å². The zero-order valence-electron chi connectivity index (χ0n) is 10.1. The van der Waals surface area contributed by atoms with Gasteiger partial charge >= 0.3 is 6.03 Å². The van der Waals surface area contributed by atoms with Crippen LogP contribution in [-0.2, 0) is 4.74 Å². The Morgan fingerprint density at radius 3 is 2.60 bits per heavy atom. The first-order valence-corrected chi connectivity index (χ1v) is 5.57. The molecule has 0 aromatic carbocycles. The van der Waals surface area contributed by atoms with Crippen LogP contribution in [0.5, 0.6) is 0 Å². The van der Waals surface area contributed by atoms with E-state index in [1.807, 2.05) is 27.7 Å². The lowest BCUT2D eigenvalue weighted by Gasteiger charge is -2.29. The summed E-state index contributed by atoms with van der Waals surface area (Å²) in [4.78, 5) is 11.6. The van der Waals surface area contributed by atoms with Crippen LogP contribution in [0.3, 0.4) is 0 Å². The molecule has 0 saturated carbocycles. The maximum atomic E-state index is 11.6. The van der Waals surface area contributed by atoms with E-state index in [1.54, 1.807) is 0 Å². The first kappa shape index (κ1) is 12.3. The Labute approximate surface area is 91.8 Å². The van der Waals surface area contributed by atoms with Crippen LogP contribution in [0, 0.1) is 0 Å². The summed E-state index contributed by atoms with van der Waals surface area (Å²) in [5.74, 6) is 0. The fraction of sp³-hybridized carbons (Fsp3) is 0.909. The van der Waals surface area contributed by atoms with Crippen molar-refractivity contribution in [3.8, 4) is 0 Å². The van der Waals surface area contributed by atoms with Gasteiger partial charge in [0.25, 0.3) is 0 Å². The van der Waals surface area contributed by atoms with E-state index in [0.717, 1.165) is 19.4 Å². The van der Waals surface area contributed by atoms with Crippen molar-refractivity contribution in [3.63, 3.8) is 0 Å². The second-order valence-corrected chi connectivity index (χ2v) is 5.25. The van der Waals surface area contributed by atoms with E-state index in [0.29, 0.717) is 0 Å². The number of hydrogen-bond donors (Lipinski definition) is 2. The molecule has 1 saturated heterocycles. The molecule has 1 aliphatic rings. The standard InChI is InChI=1S/C11H22N2O2/c1-8-7-9(5-6-15-8)12-10(14)13-11(2,3)4/h8-9H,5-7H2,1-4H3,(H2,12,13,14).